The van der Waals surface area contributed by atoms with Crippen molar-refractivity contribution >= 4 is 11.9 Å². The molecular weight excluding hydrogens is 328 g/mol. The second-order valence-corrected chi connectivity index (χ2v) is 7.38. The van der Waals surface area contributed by atoms with Crippen molar-refractivity contribution in [2.24, 2.45) is 4.99 Å². The van der Waals surface area contributed by atoms with Crippen molar-refractivity contribution in [3.05, 3.63) is 0 Å². The Morgan fingerprint density at radius 3 is 2.69 bits per heavy atom. The molecule has 0 aliphatic carbocycles. The van der Waals surface area contributed by atoms with Crippen molar-refractivity contribution < 1.29 is 4.79 Å². The number of hydrogen-bond acceptors (Lipinski definition) is 4. The highest BCUT2D eigenvalue weighted by Gasteiger charge is 2.18. The van der Waals surface area contributed by atoms with E-state index in [0.717, 1.165) is 70.9 Å². The maximum absolute atomic E-state index is 11.6. The molecule has 2 saturated heterocycles. The van der Waals surface area contributed by atoms with Crippen LogP contribution in [0.15, 0.2) is 4.99 Å². The summed E-state index contributed by atoms with van der Waals surface area (Å²) in [5, 5.41) is 6.76. The lowest BCUT2D eigenvalue weighted by atomic mass is 10.3. The van der Waals surface area contributed by atoms with Crippen molar-refractivity contribution in [3.8, 4) is 0 Å². The van der Waals surface area contributed by atoms with Crippen LogP contribution in [0.4, 0.5) is 0 Å². The van der Waals surface area contributed by atoms with Gasteiger partial charge in [0.1, 0.15) is 0 Å². The highest BCUT2D eigenvalue weighted by atomic mass is 16.2. The molecular formula is C19H38N6O. The number of likely N-dealkylation sites (tertiary alicyclic amines) is 1. The number of guanidine groups is 1. The molecule has 0 spiro atoms. The van der Waals surface area contributed by atoms with Crippen LogP contribution < -0.4 is 10.6 Å². The number of carbonyl (C=O) groups excluding carboxylic acids is 1. The predicted octanol–water partition coefficient (Wildman–Crippen LogP) is 0.582. The van der Waals surface area contributed by atoms with Gasteiger partial charge in [-0.2, -0.15) is 0 Å². The van der Waals surface area contributed by atoms with E-state index in [1.165, 1.54) is 32.6 Å². The number of hydrogen-bond donors (Lipinski definition) is 2. The summed E-state index contributed by atoms with van der Waals surface area (Å²) in [6.45, 7) is 12.4. The topological polar surface area (TPSA) is 63.2 Å². The monoisotopic (exact) mass is 366 g/mol. The van der Waals surface area contributed by atoms with E-state index < -0.39 is 0 Å². The number of rotatable bonds is 9. The Morgan fingerprint density at radius 1 is 1.04 bits per heavy atom. The Kier molecular flexibility index (Phi) is 9.77. The molecule has 0 bridgehead atoms. The van der Waals surface area contributed by atoms with Crippen molar-refractivity contribution in [1.29, 1.82) is 0 Å². The summed E-state index contributed by atoms with van der Waals surface area (Å²) in [7, 11) is 2.21. The fourth-order valence-corrected chi connectivity index (χ4v) is 3.57. The minimum atomic E-state index is 0.304. The van der Waals surface area contributed by atoms with Gasteiger partial charge in [-0.1, -0.05) is 0 Å². The smallest absolute Gasteiger partial charge is 0.222 e. The SMILES string of the molecule is CCNC(=NCCCN1CCCC1=O)NCCCN1CCCN(C)CC1. The molecule has 0 aromatic rings. The molecule has 26 heavy (non-hydrogen) atoms. The number of aliphatic imine (C=N–C) groups is 1. The lowest BCUT2D eigenvalue weighted by Crippen LogP contribution is -2.39. The Hall–Kier alpha value is -1.34. The summed E-state index contributed by atoms with van der Waals surface area (Å²) in [5.41, 5.74) is 0. The molecule has 0 unspecified atom stereocenters. The molecule has 2 aliphatic heterocycles. The third-order valence-electron chi connectivity index (χ3n) is 5.13. The van der Waals surface area contributed by atoms with E-state index in [1.54, 1.807) is 0 Å². The van der Waals surface area contributed by atoms with E-state index >= 15 is 0 Å². The van der Waals surface area contributed by atoms with Gasteiger partial charge >= 0.3 is 0 Å². The zero-order valence-electron chi connectivity index (χ0n) is 16.8. The Morgan fingerprint density at radius 2 is 1.92 bits per heavy atom. The average Bonchev–Trinajstić information content (AvgIpc) is 2.92. The average molecular weight is 367 g/mol. The van der Waals surface area contributed by atoms with Crippen LogP contribution >= 0.6 is 0 Å². The molecule has 1 amide bonds. The maximum Gasteiger partial charge on any atom is 0.222 e. The molecule has 0 aromatic heterocycles. The van der Waals surface area contributed by atoms with Crippen molar-refractivity contribution in [1.82, 2.24) is 25.3 Å². The molecule has 2 N–H and O–H groups in total. The van der Waals surface area contributed by atoms with Gasteiger partial charge in [0.05, 0.1) is 0 Å². The lowest BCUT2D eigenvalue weighted by Gasteiger charge is -2.20. The molecule has 0 aromatic carbocycles. The van der Waals surface area contributed by atoms with Crippen LogP contribution in [-0.2, 0) is 4.79 Å². The second kappa shape index (κ2) is 12.1. The maximum atomic E-state index is 11.6. The fourth-order valence-electron chi connectivity index (χ4n) is 3.57. The van der Waals surface area contributed by atoms with Crippen molar-refractivity contribution in [3.63, 3.8) is 0 Å². The van der Waals surface area contributed by atoms with Gasteiger partial charge in [-0.05, 0) is 59.3 Å². The summed E-state index contributed by atoms with van der Waals surface area (Å²) in [4.78, 5) is 23.2. The summed E-state index contributed by atoms with van der Waals surface area (Å²) in [5.74, 6) is 1.20. The van der Waals surface area contributed by atoms with E-state index in [4.69, 9.17) is 0 Å². The van der Waals surface area contributed by atoms with Gasteiger partial charge in [-0.15, -0.1) is 0 Å². The molecule has 2 aliphatic rings. The summed E-state index contributed by atoms with van der Waals surface area (Å²) in [6, 6.07) is 0. The molecule has 0 atom stereocenters. The van der Waals surface area contributed by atoms with Gasteiger partial charge < -0.3 is 25.3 Å². The number of nitrogens with one attached hydrogen (secondary N) is 2. The number of likely N-dealkylation sites (N-methyl/N-ethyl adjacent to an activating group) is 1. The first-order valence-corrected chi connectivity index (χ1v) is 10.4. The highest BCUT2D eigenvalue weighted by Crippen LogP contribution is 2.09. The fraction of sp³-hybridized carbons (Fsp3) is 0.895. The molecule has 2 rings (SSSR count). The van der Waals surface area contributed by atoms with Crippen LogP contribution in [0.2, 0.25) is 0 Å². The molecule has 150 valence electrons. The Labute approximate surface area is 159 Å². The molecule has 7 nitrogen and oxygen atoms in total. The lowest BCUT2D eigenvalue weighted by molar-refractivity contribution is -0.127. The highest BCUT2D eigenvalue weighted by molar-refractivity contribution is 5.79. The first kappa shape index (κ1) is 21.0. The molecule has 7 heteroatoms. The van der Waals surface area contributed by atoms with Crippen molar-refractivity contribution in [2.45, 2.75) is 39.0 Å². The van der Waals surface area contributed by atoms with Gasteiger partial charge in [-0.3, -0.25) is 9.79 Å². The van der Waals surface area contributed by atoms with Crippen molar-refractivity contribution in [2.75, 3.05) is 72.5 Å². The van der Waals surface area contributed by atoms with Gasteiger partial charge in [0.25, 0.3) is 0 Å². The van der Waals surface area contributed by atoms with Crippen LogP contribution in [0.1, 0.15) is 39.0 Å². The standard InChI is InChI=1S/C19H38N6O/c1-3-20-19(22-10-6-15-25-14-4-8-18(25)26)21-9-5-12-24-13-7-11-23(2)16-17-24/h3-17H2,1-2H3,(H2,20,21,22). The normalized spacial score (nSPS) is 20.5. The van der Waals surface area contributed by atoms with Gasteiger partial charge in [-0.25, -0.2) is 0 Å². The Bertz CT molecular complexity index is 442. The molecule has 2 fully saturated rings. The molecule has 2 heterocycles. The molecule has 0 saturated carbocycles. The Balaban J connectivity index is 1.59. The van der Waals surface area contributed by atoms with E-state index in [1.807, 2.05) is 4.90 Å². The van der Waals surface area contributed by atoms with Crippen LogP contribution in [0.5, 0.6) is 0 Å². The van der Waals surface area contributed by atoms with E-state index in [-0.39, 0.29) is 0 Å². The number of amides is 1. The van der Waals surface area contributed by atoms with Gasteiger partial charge in [0.15, 0.2) is 5.96 Å². The molecule has 0 radical (unpaired) electrons. The minimum Gasteiger partial charge on any atom is -0.357 e. The van der Waals surface area contributed by atoms with E-state index in [2.05, 4.69) is 39.4 Å². The zero-order valence-corrected chi connectivity index (χ0v) is 16.8. The van der Waals surface area contributed by atoms with Crippen LogP contribution in [-0.4, -0.2) is 99.1 Å². The van der Waals surface area contributed by atoms with Gasteiger partial charge in [0.2, 0.25) is 5.91 Å². The van der Waals surface area contributed by atoms with E-state index in [9.17, 15) is 4.79 Å². The quantitative estimate of drug-likeness (QED) is 0.355. The first-order valence-electron chi connectivity index (χ1n) is 10.4. The van der Waals surface area contributed by atoms with Crippen LogP contribution in [0.3, 0.4) is 0 Å². The third kappa shape index (κ3) is 7.91. The zero-order chi connectivity index (χ0) is 18.6. The number of carbonyl (C=O) groups is 1. The minimum absolute atomic E-state index is 0.304. The second-order valence-electron chi connectivity index (χ2n) is 7.38. The van der Waals surface area contributed by atoms with Gasteiger partial charge in [0, 0.05) is 52.2 Å². The van der Waals surface area contributed by atoms with E-state index in [0.29, 0.717) is 5.91 Å². The third-order valence-corrected chi connectivity index (χ3v) is 5.13. The summed E-state index contributed by atoms with van der Waals surface area (Å²) < 4.78 is 0. The van der Waals surface area contributed by atoms with Crippen LogP contribution in [0.25, 0.3) is 0 Å². The summed E-state index contributed by atoms with van der Waals surface area (Å²) in [6.07, 6.45) is 5.08. The predicted molar refractivity (Wildman–Crippen MR) is 108 cm³/mol. The first-order chi connectivity index (χ1) is 12.7. The largest absolute Gasteiger partial charge is 0.357 e. The summed E-state index contributed by atoms with van der Waals surface area (Å²) >= 11 is 0. The number of nitrogens with zero attached hydrogens (tertiary/aromatic N) is 4. The van der Waals surface area contributed by atoms with Crippen LogP contribution in [0, 0.1) is 0 Å².